The molecule has 1 N–H and O–H groups in total. The maximum absolute atomic E-state index is 13.9. The van der Waals surface area contributed by atoms with Gasteiger partial charge in [0.1, 0.15) is 11.4 Å². The summed E-state index contributed by atoms with van der Waals surface area (Å²) in [5, 5.41) is 5.01. The Hall–Kier alpha value is -3.32. The molecule has 0 saturated carbocycles. The Bertz CT molecular complexity index is 1180. The summed E-state index contributed by atoms with van der Waals surface area (Å²) in [5.41, 5.74) is 0.365. The average Bonchev–Trinajstić information content (AvgIpc) is 3.05. The maximum atomic E-state index is 13.9. The molecule has 1 aliphatic rings. The maximum Gasteiger partial charge on any atom is 0.247 e. The van der Waals surface area contributed by atoms with Crippen LogP contribution in [0.4, 0.5) is 4.39 Å². The Labute approximate surface area is 199 Å². The van der Waals surface area contributed by atoms with E-state index in [0.29, 0.717) is 31.9 Å². The van der Waals surface area contributed by atoms with Gasteiger partial charge in [0.05, 0.1) is 19.6 Å². The number of ether oxygens (including phenoxy) is 1. The van der Waals surface area contributed by atoms with E-state index in [4.69, 9.17) is 4.74 Å². The number of hydrogen-bond donors (Lipinski definition) is 1. The van der Waals surface area contributed by atoms with E-state index in [2.05, 4.69) is 28.5 Å². The van der Waals surface area contributed by atoms with E-state index in [9.17, 15) is 14.0 Å². The minimum absolute atomic E-state index is 0.118. The second-order valence-corrected chi connectivity index (χ2v) is 9.39. The standard InChI is InChI=1S/C27H30FN3O3/c1-27(2,30-25(32)15-22-5-3-4-6-24(22)28)26(33)31-11-12-34-18-20(17-31)13-19-7-8-23-16-29-10-9-21(23)14-19/h3-10,14,16,20H,11-13,15,17-18H2,1-2H3,(H,30,32)/t20-/m0/s1. The van der Waals surface area contributed by atoms with Crippen LogP contribution in [0.25, 0.3) is 10.8 Å². The molecule has 7 heteroatoms. The summed E-state index contributed by atoms with van der Waals surface area (Å²) in [4.78, 5) is 31.9. The molecule has 0 spiro atoms. The zero-order valence-corrected chi connectivity index (χ0v) is 19.6. The third-order valence-corrected chi connectivity index (χ3v) is 6.15. The van der Waals surface area contributed by atoms with Crippen molar-refractivity contribution >= 4 is 22.6 Å². The highest BCUT2D eigenvalue weighted by atomic mass is 19.1. The Morgan fingerprint density at radius 2 is 2.00 bits per heavy atom. The number of aromatic nitrogens is 1. The molecule has 2 heterocycles. The largest absolute Gasteiger partial charge is 0.379 e. The Balaban J connectivity index is 1.40. The van der Waals surface area contributed by atoms with Gasteiger partial charge >= 0.3 is 0 Å². The highest BCUT2D eigenvalue weighted by Crippen LogP contribution is 2.21. The molecule has 4 rings (SSSR count). The number of rotatable bonds is 6. The van der Waals surface area contributed by atoms with Crippen molar-refractivity contribution in [2.75, 3.05) is 26.3 Å². The van der Waals surface area contributed by atoms with Crippen molar-refractivity contribution in [2.24, 2.45) is 5.92 Å². The summed E-state index contributed by atoms with van der Waals surface area (Å²) in [6.07, 6.45) is 4.29. The first-order valence-electron chi connectivity index (χ1n) is 11.6. The van der Waals surface area contributed by atoms with E-state index in [-0.39, 0.29) is 18.2 Å². The minimum Gasteiger partial charge on any atom is -0.379 e. The molecule has 0 bridgehead atoms. The van der Waals surface area contributed by atoms with Crippen LogP contribution >= 0.6 is 0 Å². The van der Waals surface area contributed by atoms with Crippen LogP contribution in [-0.2, 0) is 27.2 Å². The molecule has 2 aromatic carbocycles. The zero-order valence-electron chi connectivity index (χ0n) is 19.6. The molecule has 34 heavy (non-hydrogen) atoms. The lowest BCUT2D eigenvalue weighted by Crippen LogP contribution is -2.57. The molecule has 6 nitrogen and oxygen atoms in total. The zero-order chi connectivity index (χ0) is 24.1. The van der Waals surface area contributed by atoms with Crippen molar-refractivity contribution < 1.29 is 18.7 Å². The van der Waals surface area contributed by atoms with Crippen LogP contribution in [0.3, 0.4) is 0 Å². The van der Waals surface area contributed by atoms with Crippen LogP contribution in [0.1, 0.15) is 25.0 Å². The number of nitrogens with one attached hydrogen (secondary N) is 1. The van der Waals surface area contributed by atoms with Crippen molar-refractivity contribution in [3.8, 4) is 0 Å². The van der Waals surface area contributed by atoms with Crippen LogP contribution in [-0.4, -0.2) is 53.5 Å². The second-order valence-electron chi connectivity index (χ2n) is 9.39. The monoisotopic (exact) mass is 463 g/mol. The van der Waals surface area contributed by atoms with Gasteiger partial charge in [0.2, 0.25) is 11.8 Å². The van der Waals surface area contributed by atoms with Gasteiger partial charge in [0.15, 0.2) is 0 Å². The Morgan fingerprint density at radius 1 is 1.18 bits per heavy atom. The smallest absolute Gasteiger partial charge is 0.247 e. The van der Waals surface area contributed by atoms with Gasteiger partial charge in [-0.15, -0.1) is 0 Å². The van der Waals surface area contributed by atoms with E-state index in [1.54, 1.807) is 43.1 Å². The fraction of sp³-hybridized carbons (Fsp3) is 0.370. The first-order chi connectivity index (χ1) is 16.3. The molecule has 1 fully saturated rings. The minimum atomic E-state index is -1.12. The summed E-state index contributed by atoms with van der Waals surface area (Å²) >= 11 is 0. The molecular weight excluding hydrogens is 433 g/mol. The van der Waals surface area contributed by atoms with Crippen LogP contribution in [0, 0.1) is 11.7 Å². The van der Waals surface area contributed by atoms with E-state index < -0.39 is 17.3 Å². The lowest BCUT2D eigenvalue weighted by atomic mass is 9.96. The normalized spacial score (nSPS) is 16.8. The molecule has 3 aromatic rings. The van der Waals surface area contributed by atoms with Crippen LogP contribution in [0.15, 0.2) is 60.9 Å². The molecule has 1 atom stereocenters. The number of halogens is 1. The summed E-state index contributed by atoms with van der Waals surface area (Å²) in [6.45, 7) is 5.40. The third-order valence-electron chi connectivity index (χ3n) is 6.15. The fourth-order valence-corrected chi connectivity index (χ4v) is 4.44. The number of carbonyl (C=O) groups is 2. The number of fused-ring (bicyclic) bond motifs is 1. The van der Waals surface area contributed by atoms with Crippen molar-refractivity contribution in [1.82, 2.24) is 15.2 Å². The lowest BCUT2D eigenvalue weighted by molar-refractivity contribution is -0.140. The molecular formula is C27H30FN3O3. The summed E-state index contributed by atoms with van der Waals surface area (Å²) in [7, 11) is 0. The SMILES string of the molecule is CC(C)(NC(=O)Cc1ccccc1F)C(=O)N1CCOC[C@@H](Cc2ccc3cnccc3c2)C1. The van der Waals surface area contributed by atoms with Crippen LogP contribution < -0.4 is 5.32 Å². The van der Waals surface area contributed by atoms with E-state index >= 15 is 0 Å². The molecule has 178 valence electrons. The van der Waals surface area contributed by atoms with Crippen LogP contribution in [0.2, 0.25) is 0 Å². The first-order valence-corrected chi connectivity index (χ1v) is 11.6. The molecule has 0 unspecified atom stereocenters. The predicted octanol–water partition coefficient (Wildman–Crippen LogP) is 3.53. The summed E-state index contributed by atoms with van der Waals surface area (Å²) in [5.74, 6) is -0.860. The summed E-state index contributed by atoms with van der Waals surface area (Å²) in [6, 6.07) is 14.5. The van der Waals surface area contributed by atoms with Crippen molar-refractivity contribution in [3.63, 3.8) is 0 Å². The number of benzene rings is 2. The van der Waals surface area contributed by atoms with Gasteiger partial charge in [-0.05, 0) is 48.9 Å². The van der Waals surface area contributed by atoms with Gasteiger partial charge in [-0.25, -0.2) is 4.39 Å². The number of hydrogen-bond acceptors (Lipinski definition) is 4. The third kappa shape index (κ3) is 5.78. The van der Waals surface area contributed by atoms with Gasteiger partial charge < -0.3 is 15.0 Å². The lowest BCUT2D eigenvalue weighted by Gasteiger charge is -2.33. The van der Waals surface area contributed by atoms with E-state index in [1.165, 1.54) is 11.6 Å². The number of pyridine rings is 1. The molecule has 1 aromatic heterocycles. The average molecular weight is 464 g/mol. The van der Waals surface area contributed by atoms with Gasteiger partial charge in [-0.1, -0.05) is 36.4 Å². The van der Waals surface area contributed by atoms with Crippen molar-refractivity contribution in [1.29, 1.82) is 0 Å². The second kappa shape index (κ2) is 10.3. The van der Waals surface area contributed by atoms with Gasteiger partial charge in [-0.3, -0.25) is 14.6 Å². The fourth-order valence-electron chi connectivity index (χ4n) is 4.44. The first kappa shape index (κ1) is 23.8. The highest BCUT2D eigenvalue weighted by molar-refractivity contribution is 5.91. The number of carbonyl (C=O) groups excluding carboxylic acids is 2. The van der Waals surface area contributed by atoms with E-state index in [1.807, 2.05) is 12.3 Å². The highest BCUT2D eigenvalue weighted by Gasteiger charge is 2.35. The molecule has 1 saturated heterocycles. The number of nitrogens with zero attached hydrogens (tertiary/aromatic N) is 2. The van der Waals surface area contributed by atoms with Gasteiger partial charge in [0.25, 0.3) is 0 Å². The van der Waals surface area contributed by atoms with Crippen molar-refractivity contribution in [3.05, 3.63) is 77.9 Å². The predicted molar refractivity (Wildman–Crippen MR) is 129 cm³/mol. The van der Waals surface area contributed by atoms with Gasteiger partial charge in [0, 0.05) is 36.8 Å². The summed E-state index contributed by atoms with van der Waals surface area (Å²) < 4.78 is 19.7. The topological polar surface area (TPSA) is 71.5 Å². The number of amides is 2. The Morgan fingerprint density at radius 3 is 2.82 bits per heavy atom. The molecule has 1 aliphatic heterocycles. The van der Waals surface area contributed by atoms with E-state index in [0.717, 1.165) is 17.2 Å². The van der Waals surface area contributed by atoms with Crippen molar-refractivity contribution in [2.45, 2.75) is 32.2 Å². The Kier molecular flexibility index (Phi) is 7.22. The van der Waals surface area contributed by atoms with Gasteiger partial charge in [-0.2, -0.15) is 0 Å². The molecule has 0 radical (unpaired) electrons. The molecule has 2 amide bonds. The molecule has 0 aliphatic carbocycles. The van der Waals surface area contributed by atoms with Crippen LogP contribution in [0.5, 0.6) is 0 Å². The quantitative estimate of drug-likeness (QED) is 0.607.